The second-order valence-electron chi connectivity index (χ2n) is 5.11. The molecule has 0 fully saturated rings. The highest BCUT2D eigenvalue weighted by atomic mass is 35.5. The second-order valence-corrected chi connectivity index (χ2v) is 5.47. The van der Waals surface area contributed by atoms with E-state index in [-0.39, 0.29) is 23.0 Å². The Balaban J connectivity index is 1.83. The van der Waals surface area contributed by atoms with Gasteiger partial charge in [-0.1, -0.05) is 35.9 Å². The minimum atomic E-state index is -0.873. The van der Waals surface area contributed by atoms with Crippen LogP contribution in [-0.4, -0.2) is 11.1 Å². The SMILES string of the molecule is N#C/C(C(=O)OCc1cccc(F)c1)=C1/Nc2ccccc2N=C1Cl. The normalized spacial score (nSPS) is 14.5. The van der Waals surface area contributed by atoms with Crippen molar-refractivity contribution >= 4 is 34.1 Å². The van der Waals surface area contributed by atoms with Gasteiger partial charge >= 0.3 is 5.97 Å². The average Bonchev–Trinajstić information content (AvgIpc) is 2.61. The lowest BCUT2D eigenvalue weighted by molar-refractivity contribution is -0.139. The lowest BCUT2D eigenvalue weighted by Gasteiger charge is -2.18. The Labute approximate surface area is 148 Å². The first-order chi connectivity index (χ1) is 12.1. The van der Waals surface area contributed by atoms with Gasteiger partial charge in [-0.25, -0.2) is 14.2 Å². The molecule has 3 rings (SSSR count). The molecule has 25 heavy (non-hydrogen) atoms. The van der Waals surface area contributed by atoms with Gasteiger partial charge in [0.1, 0.15) is 24.2 Å². The number of allylic oxidation sites excluding steroid dienone is 1. The average molecular weight is 356 g/mol. The number of anilines is 1. The van der Waals surface area contributed by atoms with Gasteiger partial charge in [-0.05, 0) is 29.8 Å². The first kappa shape index (κ1) is 16.7. The van der Waals surface area contributed by atoms with Crippen LogP contribution in [0.15, 0.2) is 64.8 Å². The maximum atomic E-state index is 13.2. The summed E-state index contributed by atoms with van der Waals surface area (Å²) in [4.78, 5) is 16.4. The third kappa shape index (κ3) is 3.67. The molecule has 0 amide bonds. The highest BCUT2D eigenvalue weighted by Gasteiger charge is 2.24. The predicted molar refractivity (Wildman–Crippen MR) is 91.8 cm³/mol. The fraction of sp³-hybridized carbons (Fsp3) is 0.0556. The molecule has 124 valence electrons. The van der Waals surface area contributed by atoms with Crippen LogP contribution in [0.2, 0.25) is 0 Å². The number of hydrogen-bond acceptors (Lipinski definition) is 5. The molecule has 7 heteroatoms. The van der Waals surface area contributed by atoms with Crippen LogP contribution in [0, 0.1) is 17.1 Å². The number of ether oxygens (including phenoxy) is 1. The molecule has 0 saturated heterocycles. The van der Waals surface area contributed by atoms with E-state index in [4.69, 9.17) is 16.3 Å². The Morgan fingerprint density at radius 3 is 2.84 bits per heavy atom. The van der Waals surface area contributed by atoms with Crippen LogP contribution in [0.4, 0.5) is 15.8 Å². The Hall–Kier alpha value is -3.17. The Morgan fingerprint density at radius 2 is 2.08 bits per heavy atom. The first-order valence-corrected chi connectivity index (χ1v) is 7.63. The summed E-state index contributed by atoms with van der Waals surface area (Å²) in [5.74, 6) is -1.31. The maximum Gasteiger partial charge on any atom is 0.351 e. The number of nitrogens with one attached hydrogen (secondary N) is 1. The largest absolute Gasteiger partial charge is 0.457 e. The first-order valence-electron chi connectivity index (χ1n) is 7.25. The van der Waals surface area contributed by atoms with Crippen molar-refractivity contribution in [3.8, 4) is 6.07 Å². The molecule has 0 aromatic heterocycles. The van der Waals surface area contributed by atoms with Crippen LogP contribution in [0.25, 0.3) is 0 Å². The van der Waals surface area contributed by atoms with Crippen LogP contribution in [0.5, 0.6) is 0 Å². The topological polar surface area (TPSA) is 74.5 Å². The lowest BCUT2D eigenvalue weighted by Crippen LogP contribution is -2.18. The zero-order valence-corrected chi connectivity index (χ0v) is 13.5. The third-order valence-corrected chi connectivity index (χ3v) is 3.69. The summed E-state index contributed by atoms with van der Waals surface area (Å²) in [5, 5.41) is 12.2. The third-order valence-electron chi connectivity index (χ3n) is 3.41. The van der Waals surface area contributed by atoms with E-state index in [2.05, 4.69) is 10.3 Å². The van der Waals surface area contributed by atoms with Crippen LogP contribution in [-0.2, 0) is 16.1 Å². The molecule has 2 aromatic carbocycles. The molecule has 0 saturated carbocycles. The molecule has 1 aliphatic rings. The Morgan fingerprint density at radius 1 is 1.28 bits per heavy atom. The van der Waals surface area contributed by atoms with E-state index in [0.717, 1.165) is 0 Å². The van der Waals surface area contributed by atoms with Gasteiger partial charge in [0.15, 0.2) is 10.7 Å². The number of esters is 1. The summed E-state index contributed by atoms with van der Waals surface area (Å²) in [5.41, 5.74) is 1.46. The van der Waals surface area contributed by atoms with Gasteiger partial charge in [0.25, 0.3) is 0 Å². The monoisotopic (exact) mass is 355 g/mol. The summed E-state index contributed by atoms with van der Waals surface area (Å²) in [6, 6.07) is 14.5. The molecule has 1 heterocycles. The number of halogens is 2. The molecule has 1 N–H and O–H groups in total. The van der Waals surface area contributed by atoms with Crippen molar-refractivity contribution in [2.24, 2.45) is 4.99 Å². The molecular formula is C18H11ClFN3O2. The summed E-state index contributed by atoms with van der Waals surface area (Å²) in [6.45, 7) is -0.166. The minimum absolute atomic E-state index is 0.0158. The molecule has 5 nitrogen and oxygen atoms in total. The number of benzene rings is 2. The van der Waals surface area contributed by atoms with Crippen molar-refractivity contribution in [3.63, 3.8) is 0 Å². The van der Waals surface area contributed by atoms with Crippen LogP contribution in [0.3, 0.4) is 0 Å². The number of nitrogens with zero attached hydrogens (tertiary/aromatic N) is 2. The maximum absolute atomic E-state index is 13.2. The zero-order chi connectivity index (χ0) is 17.8. The van der Waals surface area contributed by atoms with Crippen molar-refractivity contribution in [2.75, 3.05) is 5.32 Å². The van der Waals surface area contributed by atoms with Crippen LogP contribution < -0.4 is 5.32 Å². The molecule has 1 aliphatic heterocycles. The van der Waals surface area contributed by atoms with Gasteiger partial charge < -0.3 is 10.1 Å². The highest BCUT2D eigenvalue weighted by Crippen LogP contribution is 2.32. The molecular weight excluding hydrogens is 345 g/mol. The van der Waals surface area contributed by atoms with Gasteiger partial charge in [0, 0.05) is 0 Å². The fourth-order valence-corrected chi connectivity index (χ4v) is 2.47. The van der Waals surface area contributed by atoms with Crippen molar-refractivity contribution in [1.29, 1.82) is 5.26 Å². The van der Waals surface area contributed by atoms with Crippen LogP contribution in [0.1, 0.15) is 5.56 Å². The zero-order valence-electron chi connectivity index (χ0n) is 12.8. The Bertz CT molecular complexity index is 947. The van der Waals surface area contributed by atoms with Crippen molar-refractivity contribution < 1.29 is 13.9 Å². The van der Waals surface area contributed by atoms with Gasteiger partial charge in [-0.15, -0.1) is 0 Å². The number of fused-ring (bicyclic) bond motifs is 1. The number of carbonyl (C=O) groups excluding carboxylic acids is 1. The smallest absolute Gasteiger partial charge is 0.351 e. The highest BCUT2D eigenvalue weighted by molar-refractivity contribution is 6.70. The molecule has 2 aromatic rings. The van der Waals surface area contributed by atoms with E-state index in [9.17, 15) is 14.4 Å². The summed E-state index contributed by atoms with van der Waals surface area (Å²) < 4.78 is 18.2. The van der Waals surface area contributed by atoms with Gasteiger partial charge in [-0.2, -0.15) is 5.26 Å². The van der Waals surface area contributed by atoms with Crippen LogP contribution >= 0.6 is 11.6 Å². The van der Waals surface area contributed by atoms with Crippen molar-refractivity contribution in [1.82, 2.24) is 0 Å². The van der Waals surface area contributed by atoms with Gasteiger partial charge in [0.05, 0.1) is 11.4 Å². The lowest BCUT2D eigenvalue weighted by atomic mass is 10.1. The van der Waals surface area contributed by atoms with E-state index in [0.29, 0.717) is 16.9 Å². The van der Waals surface area contributed by atoms with Crippen molar-refractivity contribution in [3.05, 3.63) is 71.2 Å². The molecule has 0 aliphatic carbocycles. The predicted octanol–water partition coefficient (Wildman–Crippen LogP) is 4.04. The molecule has 0 unspecified atom stereocenters. The molecule has 0 atom stereocenters. The van der Waals surface area contributed by atoms with Gasteiger partial charge in [0.2, 0.25) is 0 Å². The molecule has 0 radical (unpaired) electrons. The number of rotatable bonds is 3. The molecule has 0 bridgehead atoms. The number of nitriles is 1. The number of aliphatic imine (C=N–C) groups is 1. The van der Waals surface area contributed by atoms with E-state index in [1.807, 2.05) is 0 Å². The second kappa shape index (κ2) is 7.16. The summed E-state index contributed by atoms with van der Waals surface area (Å²) in [6.07, 6.45) is 0. The fourth-order valence-electron chi connectivity index (χ4n) is 2.24. The number of hydrogen-bond donors (Lipinski definition) is 1. The standard InChI is InChI=1S/C18H11ClFN3O2/c19-17-16(22-14-6-1-2-7-15(14)23-17)13(9-21)18(24)25-10-11-4-3-5-12(20)8-11/h1-8,22H,10H2/b16-13-. The van der Waals surface area contributed by atoms with E-state index in [1.165, 1.54) is 18.2 Å². The summed E-state index contributed by atoms with van der Waals surface area (Å²) >= 11 is 6.09. The van der Waals surface area contributed by atoms with E-state index >= 15 is 0 Å². The number of carbonyl (C=O) groups is 1. The number of para-hydroxylation sites is 2. The minimum Gasteiger partial charge on any atom is -0.457 e. The van der Waals surface area contributed by atoms with Crippen molar-refractivity contribution in [2.45, 2.75) is 6.61 Å². The van der Waals surface area contributed by atoms with Gasteiger partial charge in [-0.3, -0.25) is 0 Å². The molecule has 0 spiro atoms. The Kier molecular flexibility index (Phi) is 4.78. The summed E-state index contributed by atoms with van der Waals surface area (Å²) in [7, 11) is 0. The quantitative estimate of drug-likeness (QED) is 0.512. The van der Waals surface area contributed by atoms with E-state index in [1.54, 1.807) is 36.4 Å². The van der Waals surface area contributed by atoms with E-state index < -0.39 is 11.8 Å².